The maximum Gasteiger partial charge on any atom is 0.311 e. The van der Waals surface area contributed by atoms with Crippen molar-refractivity contribution in [1.82, 2.24) is 10.3 Å². The van der Waals surface area contributed by atoms with Gasteiger partial charge in [0.2, 0.25) is 0 Å². The second-order valence-corrected chi connectivity index (χ2v) is 4.99. The summed E-state index contributed by atoms with van der Waals surface area (Å²) < 4.78 is 0. The Morgan fingerprint density at radius 1 is 1.37 bits per heavy atom. The molecule has 1 rings (SSSR count). The van der Waals surface area contributed by atoms with Crippen LogP contribution in [0.5, 0.6) is 0 Å². The molecule has 1 aromatic rings. The van der Waals surface area contributed by atoms with Crippen LogP contribution < -0.4 is 5.32 Å². The molecule has 0 bridgehead atoms. The number of nitrogens with one attached hydrogen (secondary N) is 1. The number of nitrogens with zero attached hydrogens (tertiary/aromatic N) is 1. The number of aromatic nitrogens is 1. The first-order valence-corrected chi connectivity index (χ1v) is 6.26. The fourth-order valence-corrected chi connectivity index (χ4v) is 1.65. The number of carbonyl (C=O) groups excluding carboxylic acids is 1. The number of hydrogen-bond donors (Lipinski definition) is 2. The van der Waals surface area contributed by atoms with Crippen LogP contribution in [0.4, 0.5) is 0 Å². The summed E-state index contributed by atoms with van der Waals surface area (Å²) >= 11 is 0. The van der Waals surface area contributed by atoms with Crippen LogP contribution in [0.25, 0.3) is 0 Å². The average molecular weight is 264 g/mol. The highest BCUT2D eigenvalue weighted by Gasteiger charge is 2.31. The van der Waals surface area contributed by atoms with Gasteiger partial charge in [0.05, 0.1) is 16.7 Å². The predicted octanol–water partition coefficient (Wildman–Crippen LogP) is 1.93. The summed E-state index contributed by atoms with van der Waals surface area (Å²) in [6, 6.07) is 3.47. The molecule has 19 heavy (non-hydrogen) atoms. The van der Waals surface area contributed by atoms with E-state index in [-0.39, 0.29) is 12.5 Å². The Hall–Kier alpha value is -1.91. The lowest BCUT2D eigenvalue weighted by molar-refractivity contribution is -0.147. The minimum Gasteiger partial charge on any atom is -0.481 e. The summed E-state index contributed by atoms with van der Waals surface area (Å²) in [5.74, 6) is -1.19. The Kier molecular flexibility index (Phi) is 4.64. The van der Waals surface area contributed by atoms with Gasteiger partial charge in [0.15, 0.2) is 0 Å². The van der Waals surface area contributed by atoms with Crippen molar-refractivity contribution >= 4 is 11.9 Å². The molecule has 0 aliphatic rings. The van der Waals surface area contributed by atoms with Gasteiger partial charge in [-0.25, -0.2) is 0 Å². The van der Waals surface area contributed by atoms with Crippen LogP contribution in [0.1, 0.15) is 42.0 Å². The highest BCUT2D eigenvalue weighted by Crippen LogP contribution is 2.20. The van der Waals surface area contributed by atoms with E-state index in [0.717, 1.165) is 5.69 Å². The van der Waals surface area contributed by atoms with E-state index < -0.39 is 11.4 Å². The van der Waals surface area contributed by atoms with Crippen molar-refractivity contribution in [2.45, 2.75) is 34.1 Å². The first kappa shape index (κ1) is 15.1. The van der Waals surface area contributed by atoms with Crippen LogP contribution in [0, 0.1) is 19.3 Å². The van der Waals surface area contributed by atoms with Gasteiger partial charge in [-0.3, -0.25) is 14.6 Å². The van der Waals surface area contributed by atoms with Crippen molar-refractivity contribution in [1.29, 1.82) is 0 Å². The molecule has 0 saturated carbocycles. The third-order valence-corrected chi connectivity index (χ3v) is 3.41. The van der Waals surface area contributed by atoms with Crippen LogP contribution >= 0.6 is 0 Å². The van der Waals surface area contributed by atoms with Gasteiger partial charge >= 0.3 is 5.97 Å². The second-order valence-electron chi connectivity index (χ2n) is 4.99. The lowest BCUT2D eigenvalue weighted by atomic mass is 9.87. The highest BCUT2D eigenvalue weighted by atomic mass is 16.4. The number of carboxylic acids is 1. The Morgan fingerprint density at radius 2 is 2.00 bits per heavy atom. The van der Waals surface area contributed by atoms with Gasteiger partial charge in [0.1, 0.15) is 0 Å². The van der Waals surface area contributed by atoms with Crippen LogP contribution in [0.15, 0.2) is 12.1 Å². The number of rotatable bonds is 5. The zero-order chi connectivity index (χ0) is 14.6. The summed E-state index contributed by atoms with van der Waals surface area (Å²) in [7, 11) is 0. The second kappa shape index (κ2) is 5.82. The lowest BCUT2D eigenvalue weighted by Gasteiger charge is -2.23. The van der Waals surface area contributed by atoms with Crippen LogP contribution in [-0.2, 0) is 4.79 Å². The summed E-state index contributed by atoms with van der Waals surface area (Å²) in [6.45, 7) is 7.13. The van der Waals surface area contributed by atoms with Crippen molar-refractivity contribution in [2.75, 3.05) is 6.54 Å². The topological polar surface area (TPSA) is 79.3 Å². The summed E-state index contributed by atoms with van der Waals surface area (Å²) in [5, 5.41) is 11.8. The SMILES string of the molecule is CCC(C)(CNC(=O)c1ccc(C)nc1C)C(=O)O. The Balaban J connectivity index is 2.78. The molecule has 0 fully saturated rings. The molecule has 1 unspecified atom stereocenters. The lowest BCUT2D eigenvalue weighted by Crippen LogP contribution is -2.40. The smallest absolute Gasteiger partial charge is 0.311 e. The monoisotopic (exact) mass is 264 g/mol. The quantitative estimate of drug-likeness (QED) is 0.851. The predicted molar refractivity (Wildman–Crippen MR) is 72.1 cm³/mol. The maximum absolute atomic E-state index is 12.0. The molecular weight excluding hydrogens is 244 g/mol. The number of pyridine rings is 1. The standard InChI is InChI=1S/C14H20N2O3/c1-5-14(4,13(18)19)8-15-12(17)11-7-6-9(2)16-10(11)3/h6-7H,5,8H2,1-4H3,(H,15,17)(H,18,19). The van der Waals surface area contributed by atoms with Gasteiger partial charge in [-0.15, -0.1) is 0 Å². The molecule has 0 spiro atoms. The molecule has 0 aliphatic carbocycles. The normalized spacial score (nSPS) is 13.7. The van der Waals surface area contributed by atoms with Crippen LogP contribution in [-0.4, -0.2) is 28.5 Å². The van der Waals surface area contributed by atoms with Gasteiger partial charge in [-0.1, -0.05) is 6.92 Å². The zero-order valence-corrected chi connectivity index (χ0v) is 11.8. The summed E-state index contributed by atoms with van der Waals surface area (Å²) in [5.41, 5.74) is 1.03. The van der Waals surface area contributed by atoms with Crippen molar-refractivity contribution in [2.24, 2.45) is 5.41 Å². The minimum absolute atomic E-state index is 0.102. The number of aliphatic carboxylic acids is 1. The average Bonchev–Trinajstić information content (AvgIpc) is 2.35. The van der Waals surface area contributed by atoms with Gasteiger partial charge in [0, 0.05) is 12.2 Å². The number of carbonyl (C=O) groups is 2. The molecule has 1 amide bonds. The molecule has 2 N–H and O–H groups in total. The Bertz CT molecular complexity index is 499. The summed E-state index contributed by atoms with van der Waals surface area (Å²) in [6.07, 6.45) is 0.452. The van der Waals surface area contributed by atoms with E-state index in [1.807, 2.05) is 6.92 Å². The first-order chi connectivity index (χ1) is 8.80. The van der Waals surface area contributed by atoms with Crippen LogP contribution in [0.3, 0.4) is 0 Å². The molecule has 1 aromatic heterocycles. The largest absolute Gasteiger partial charge is 0.481 e. The van der Waals surface area contributed by atoms with Gasteiger partial charge in [0.25, 0.3) is 5.91 Å². The third-order valence-electron chi connectivity index (χ3n) is 3.41. The van der Waals surface area contributed by atoms with Crippen molar-refractivity contribution in [3.8, 4) is 0 Å². The van der Waals surface area contributed by atoms with E-state index in [4.69, 9.17) is 5.11 Å². The molecule has 0 saturated heterocycles. The molecule has 0 radical (unpaired) electrons. The van der Waals surface area contributed by atoms with E-state index in [1.54, 1.807) is 32.9 Å². The molecule has 0 aliphatic heterocycles. The first-order valence-electron chi connectivity index (χ1n) is 6.26. The number of aryl methyl sites for hydroxylation is 2. The highest BCUT2D eigenvalue weighted by molar-refractivity contribution is 5.95. The minimum atomic E-state index is -0.943. The van der Waals surface area contributed by atoms with Crippen LogP contribution in [0.2, 0.25) is 0 Å². The molecule has 5 heteroatoms. The van der Waals surface area contributed by atoms with E-state index in [2.05, 4.69) is 10.3 Å². The van der Waals surface area contributed by atoms with E-state index in [9.17, 15) is 9.59 Å². The fourth-order valence-electron chi connectivity index (χ4n) is 1.65. The van der Waals surface area contributed by atoms with Crippen molar-refractivity contribution in [3.63, 3.8) is 0 Å². The molecule has 0 aromatic carbocycles. The molecule has 1 heterocycles. The van der Waals surface area contributed by atoms with Gasteiger partial charge < -0.3 is 10.4 Å². The Morgan fingerprint density at radius 3 is 2.47 bits per heavy atom. The van der Waals surface area contributed by atoms with Gasteiger partial charge in [-0.05, 0) is 39.3 Å². The number of carboxylic acid groups (broad SMARTS) is 1. The van der Waals surface area contributed by atoms with E-state index >= 15 is 0 Å². The number of hydrogen-bond acceptors (Lipinski definition) is 3. The maximum atomic E-state index is 12.0. The zero-order valence-electron chi connectivity index (χ0n) is 11.8. The fraction of sp³-hybridized carbons (Fsp3) is 0.500. The third kappa shape index (κ3) is 3.53. The number of amides is 1. The molecule has 5 nitrogen and oxygen atoms in total. The molecule has 1 atom stereocenters. The van der Waals surface area contributed by atoms with E-state index in [1.165, 1.54) is 0 Å². The van der Waals surface area contributed by atoms with Crippen molar-refractivity contribution < 1.29 is 14.7 Å². The Labute approximate surface area is 113 Å². The van der Waals surface area contributed by atoms with Crippen molar-refractivity contribution in [3.05, 3.63) is 29.1 Å². The molecule has 104 valence electrons. The van der Waals surface area contributed by atoms with Gasteiger partial charge in [-0.2, -0.15) is 0 Å². The van der Waals surface area contributed by atoms with E-state index in [0.29, 0.717) is 17.7 Å². The molecular formula is C14H20N2O3. The summed E-state index contributed by atoms with van der Waals surface area (Å²) in [4.78, 5) is 27.4.